The maximum Gasteiger partial charge on any atom is 0.261 e. The summed E-state index contributed by atoms with van der Waals surface area (Å²) in [5.74, 6) is -2.12. The average molecular weight is 453 g/mol. The highest BCUT2D eigenvalue weighted by Crippen LogP contribution is 2.26. The molecule has 0 atom stereocenters. The number of hydrogen-bond acceptors (Lipinski definition) is 5. The summed E-state index contributed by atoms with van der Waals surface area (Å²) < 4.78 is 40.7. The summed E-state index contributed by atoms with van der Waals surface area (Å²) in [6.07, 6.45) is 0. The number of benzene rings is 3. The number of sulfonamides is 1. The third kappa shape index (κ3) is 3.83. The van der Waals surface area contributed by atoms with Crippen molar-refractivity contribution >= 4 is 39.1 Å². The van der Waals surface area contributed by atoms with Crippen LogP contribution in [-0.4, -0.2) is 38.1 Å². The monoisotopic (exact) mass is 453 g/mol. The first kappa shape index (κ1) is 21.2. The van der Waals surface area contributed by atoms with E-state index in [9.17, 15) is 27.2 Å². The molecule has 3 amide bonds. The minimum Gasteiger partial charge on any atom is -0.322 e. The molecule has 0 aromatic heterocycles. The summed E-state index contributed by atoms with van der Waals surface area (Å²) in [6, 6.07) is 14.5. The van der Waals surface area contributed by atoms with Gasteiger partial charge in [-0.1, -0.05) is 12.1 Å². The van der Waals surface area contributed by atoms with Crippen LogP contribution in [-0.2, 0) is 10.0 Å². The third-order valence-electron chi connectivity index (χ3n) is 4.89. The van der Waals surface area contributed by atoms with Gasteiger partial charge in [0.25, 0.3) is 27.7 Å². The van der Waals surface area contributed by atoms with Crippen LogP contribution in [0.4, 0.5) is 15.8 Å². The first-order valence-corrected chi connectivity index (χ1v) is 10.8. The summed E-state index contributed by atoms with van der Waals surface area (Å²) in [7, 11) is -2.70. The maximum atomic E-state index is 13.1. The predicted octanol–water partition coefficient (Wildman–Crippen LogP) is 3.10. The van der Waals surface area contributed by atoms with E-state index in [1.807, 2.05) is 0 Å². The van der Waals surface area contributed by atoms with Crippen LogP contribution in [0.15, 0.2) is 71.6 Å². The third-order valence-corrected chi connectivity index (χ3v) is 6.27. The Morgan fingerprint density at radius 3 is 2.28 bits per heavy atom. The molecule has 1 heterocycles. The van der Waals surface area contributed by atoms with E-state index in [4.69, 9.17) is 0 Å². The van der Waals surface area contributed by atoms with Gasteiger partial charge in [-0.2, -0.15) is 0 Å². The number of fused-ring (bicyclic) bond motifs is 1. The van der Waals surface area contributed by atoms with E-state index < -0.39 is 33.6 Å². The van der Waals surface area contributed by atoms with Gasteiger partial charge in [0.05, 0.1) is 27.3 Å². The molecule has 8 nitrogen and oxygen atoms in total. The zero-order valence-electron chi connectivity index (χ0n) is 16.6. The molecule has 2 N–H and O–H groups in total. The minimum absolute atomic E-state index is 0.0153. The summed E-state index contributed by atoms with van der Waals surface area (Å²) in [5, 5.41) is 2.61. The Kier molecular flexibility index (Phi) is 5.23. The number of carbonyl (C=O) groups is 3. The molecule has 10 heteroatoms. The van der Waals surface area contributed by atoms with Crippen molar-refractivity contribution in [1.29, 1.82) is 0 Å². The van der Waals surface area contributed by atoms with Crippen LogP contribution < -0.4 is 10.0 Å². The number of para-hydroxylation sites is 1. The van der Waals surface area contributed by atoms with Crippen molar-refractivity contribution in [2.45, 2.75) is 4.90 Å². The molecule has 32 heavy (non-hydrogen) atoms. The number of nitrogens with one attached hydrogen (secondary N) is 2. The molecule has 3 aromatic rings. The molecule has 1 aliphatic heterocycles. The fraction of sp³-hybridized carbons (Fsp3) is 0.0455. The summed E-state index contributed by atoms with van der Waals surface area (Å²) in [5.41, 5.74) is 0.713. The number of amides is 3. The van der Waals surface area contributed by atoms with Gasteiger partial charge in [0.15, 0.2) is 0 Å². The molecule has 3 aromatic carbocycles. The van der Waals surface area contributed by atoms with Crippen molar-refractivity contribution in [3.05, 3.63) is 89.2 Å². The lowest BCUT2D eigenvalue weighted by atomic mass is 10.1. The molecule has 0 bridgehead atoms. The largest absolute Gasteiger partial charge is 0.322 e. The zero-order chi connectivity index (χ0) is 23.0. The van der Waals surface area contributed by atoms with Crippen LogP contribution in [0.3, 0.4) is 0 Å². The lowest BCUT2D eigenvalue weighted by Crippen LogP contribution is -2.24. The zero-order valence-corrected chi connectivity index (χ0v) is 17.4. The first-order valence-electron chi connectivity index (χ1n) is 9.32. The van der Waals surface area contributed by atoms with Gasteiger partial charge in [-0.25, -0.2) is 12.8 Å². The van der Waals surface area contributed by atoms with Crippen LogP contribution >= 0.6 is 0 Å². The van der Waals surface area contributed by atoms with E-state index in [1.54, 1.807) is 12.1 Å². The molecule has 0 fully saturated rings. The molecule has 0 unspecified atom stereocenters. The van der Waals surface area contributed by atoms with Crippen LogP contribution in [0, 0.1) is 5.82 Å². The average Bonchev–Trinajstić information content (AvgIpc) is 2.98. The topological polar surface area (TPSA) is 113 Å². The Balaban J connectivity index is 1.59. The first-order chi connectivity index (χ1) is 15.2. The molecule has 0 saturated carbocycles. The smallest absolute Gasteiger partial charge is 0.261 e. The van der Waals surface area contributed by atoms with Crippen molar-refractivity contribution in [2.75, 3.05) is 17.1 Å². The standard InChI is InChI=1S/C22H16FN3O5S/c1-26-21(28)16-11-8-14(12-18(16)22(26)29)24-20(27)17-4-2-3-5-19(17)25-32(30,31)15-9-6-13(23)7-10-15/h2-12,25H,1H3,(H,24,27). The Morgan fingerprint density at radius 1 is 0.906 bits per heavy atom. The number of nitrogens with zero attached hydrogens (tertiary/aromatic N) is 1. The van der Waals surface area contributed by atoms with Crippen LogP contribution in [0.5, 0.6) is 0 Å². The van der Waals surface area contributed by atoms with Crippen molar-refractivity contribution < 1.29 is 27.2 Å². The van der Waals surface area contributed by atoms with Gasteiger partial charge < -0.3 is 5.32 Å². The number of hydrogen-bond donors (Lipinski definition) is 2. The molecular formula is C22H16FN3O5S. The Morgan fingerprint density at radius 2 is 1.56 bits per heavy atom. The van der Waals surface area contributed by atoms with E-state index >= 15 is 0 Å². The van der Waals surface area contributed by atoms with Crippen molar-refractivity contribution in [1.82, 2.24) is 4.90 Å². The minimum atomic E-state index is -4.07. The number of imide groups is 1. The predicted molar refractivity (Wildman–Crippen MR) is 114 cm³/mol. The molecule has 4 rings (SSSR count). The van der Waals surface area contributed by atoms with Crippen molar-refractivity contribution in [2.24, 2.45) is 0 Å². The molecule has 0 radical (unpaired) electrons. The summed E-state index contributed by atoms with van der Waals surface area (Å²) in [4.78, 5) is 37.9. The number of rotatable bonds is 5. The molecule has 1 aliphatic rings. The van der Waals surface area contributed by atoms with Gasteiger partial charge >= 0.3 is 0 Å². The highest BCUT2D eigenvalue weighted by atomic mass is 32.2. The number of anilines is 2. The summed E-state index contributed by atoms with van der Waals surface area (Å²) >= 11 is 0. The normalized spacial score (nSPS) is 13.1. The molecule has 0 spiro atoms. The van der Waals surface area contributed by atoms with Gasteiger partial charge in [-0.05, 0) is 54.6 Å². The number of carbonyl (C=O) groups excluding carboxylic acids is 3. The molecule has 0 aliphatic carbocycles. The summed E-state index contributed by atoms with van der Waals surface area (Å²) in [6.45, 7) is 0. The van der Waals surface area contributed by atoms with E-state index in [2.05, 4.69) is 10.0 Å². The van der Waals surface area contributed by atoms with Crippen molar-refractivity contribution in [3.63, 3.8) is 0 Å². The van der Waals surface area contributed by atoms with Gasteiger partial charge in [0.2, 0.25) is 0 Å². The lowest BCUT2D eigenvalue weighted by Gasteiger charge is -2.13. The van der Waals surface area contributed by atoms with Gasteiger partial charge in [-0.15, -0.1) is 0 Å². The van der Waals surface area contributed by atoms with Gasteiger partial charge in [-0.3, -0.25) is 24.0 Å². The van der Waals surface area contributed by atoms with Gasteiger partial charge in [0.1, 0.15) is 5.82 Å². The highest BCUT2D eigenvalue weighted by Gasteiger charge is 2.32. The lowest BCUT2D eigenvalue weighted by molar-refractivity contribution is 0.0692. The Hall–Kier alpha value is -4.05. The molecular weight excluding hydrogens is 437 g/mol. The fourth-order valence-corrected chi connectivity index (χ4v) is 4.30. The second-order valence-electron chi connectivity index (χ2n) is 6.99. The Bertz CT molecular complexity index is 1370. The SMILES string of the molecule is CN1C(=O)c2ccc(NC(=O)c3ccccc3NS(=O)(=O)c3ccc(F)cc3)cc2C1=O. The van der Waals surface area contributed by atoms with E-state index in [1.165, 1.54) is 37.4 Å². The van der Waals surface area contributed by atoms with Crippen LogP contribution in [0.25, 0.3) is 0 Å². The quantitative estimate of drug-likeness (QED) is 0.577. The highest BCUT2D eigenvalue weighted by molar-refractivity contribution is 7.92. The van der Waals surface area contributed by atoms with Crippen LogP contribution in [0.2, 0.25) is 0 Å². The van der Waals surface area contributed by atoms with Gasteiger partial charge in [0, 0.05) is 12.7 Å². The molecule has 0 saturated heterocycles. The Labute approximate surface area is 182 Å². The van der Waals surface area contributed by atoms with Crippen LogP contribution in [0.1, 0.15) is 31.1 Å². The molecule has 162 valence electrons. The number of halogens is 1. The fourth-order valence-electron chi connectivity index (χ4n) is 3.23. The van der Waals surface area contributed by atoms with Crippen molar-refractivity contribution in [3.8, 4) is 0 Å². The second kappa shape index (κ2) is 7.89. The second-order valence-corrected chi connectivity index (χ2v) is 8.67. The van der Waals surface area contributed by atoms with E-state index in [0.29, 0.717) is 0 Å². The van der Waals surface area contributed by atoms with E-state index in [-0.39, 0.29) is 33.0 Å². The van der Waals surface area contributed by atoms with E-state index in [0.717, 1.165) is 29.2 Å². The maximum absolute atomic E-state index is 13.1.